The lowest BCUT2D eigenvalue weighted by molar-refractivity contribution is -0.130. The minimum atomic E-state index is -0.720. The first kappa shape index (κ1) is 58.5. The smallest absolute Gasteiger partial charge is 0.258 e. The Bertz CT molecular complexity index is 1540. The molecule has 0 aliphatic heterocycles. The van der Waals surface area contributed by atoms with E-state index in [4.69, 9.17) is 18.9 Å². The van der Waals surface area contributed by atoms with Crippen molar-refractivity contribution >= 4 is 46.6 Å². The van der Waals surface area contributed by atoms with Crippen LogP contribution in [0.3, 0.4) is 0 Å². The molecule has 15 nitrogen and oxygen atoms in total. The molecule has 0 saturated carbocycles. The summed E-state index contributed by atoms with van der Waals surface area (Å²) in [6.07, 6.45) is 3.00. The van der Waals surface area contributed by atoms with Crippen molar-refractivity contribution in [3.63, 3.8) is 0 Å². The van der Waals surface area contributed by atoms with Crippen molar-refractivity contribution in [2.24, 2.45) is 29.6 Å². The van der Waals surface area contributed by atoms with Gasteiger partial charge in [-0.25, -0.2) is 0 Å². The van der Waals surface area contributed by atoms with Gasteiger partial charge in [-0.2, -0.15) is 0 Å². The molecule has 1 aromatic carbocycles. The second kappa shape index (κ2) is 33.0. The Morgan fingerprint density at radius 3 is 1.40 bits per heavy atom. The predicted molar refractivity (Wildman–Crippen MR) is 250 cm³/mol. The lowest BCUT2D eigenvalue weighted by atomic mass is 9.86. The van der Waals surface area contributed by atoms with E-state index in [2.05, 4.69) is 16.0 Å². The minimum absolute atomic E-state index is 0.0167. The van der Waals surface area contributed by atoms with E-state index >= 15 is 0 Å². The third-order valence-electron chi connectivity index (χ3n) is 10.1. The van der Waals surface area contributed by atoms with Crippen molar-refractivity contribution in [3.05, 3.63) is 23.8 Å². The zero-order valence-electron chi connectivity index (χ0n) is 41.1. The summed E-state index contributed by atoms with van der Waals surface area (Å²) in [6, 6.07) is 4.47. The van der Waals surface area contributed by atoms with Crippen LogP contribution >= 0.6 is 0 Å². The van der Waals surface area contributed by atoms with E-state index < -0.39 is 12.0 Å². The number of amides is 3. The highest BCUT2D eigenvalue weighted by Gasteiger charge is 2.25. The normalized spacial score (nSPS) is 12.4. The average Bonchev–Trinajstić information content (AvgIpc) is 3.20. The fourth-order valence-electron chi connectivity index (χ4n) is 6.78. The molecule has 0 bridgehead atoms. The molecule has 3 N–H and O–H groups in total. The summed E-state index contributed by atoms with van der Waals surface area (Å²) in [6.45, 7) is 20.0. The number of hydrogen-bond donors (Lipinski definition) is 3. The highest BCUT2D eigenvalue weighted by Crippen LogP contribution is 2.28. The van der Waals surface area contributed by atoms with Gasteiger partial charge in [-0.15, -0.1) is 0 Å². The van der Waals surface area contributed by atoms with Crippen molar-refractivity contribution < 1.29 is 57.3 Å². The molecular formula is C50H81N3O12. The molecule has 0 fully saturated rings. The predicted octanol–water partition coefficient (Wildman–Crippen LogP) is 6.69. The summed E-state index contributed by atoms with van der Waals surface area (Å²) >= 11 is 0. The summed E-state index contributed by atoms with van der Waals surface area (Å²) in [5, 5.41) is 8.20. The van der Waals surface area contributed by atoms with Crippen LogP contribution in [0.1, 0.15) is 151 Å². The van der Waals surface area contributed by atoms with Crippen molar-refractivity contribution in [1.82, 2.24) is 16.0 Å². The number of ether oxygens (including phenoxy) is 4. The van der Waals surface area contributed by atoms with Crippen LogP contribution in [0.4, 0.5) is 0 Å². The van der Waals surface area contributed by atoms with Gasteiger partial charge in [0, 0.05) is 82.9 Å². The molecule has 0 radical (unpaired) electrons. The lowest BCUT2D eigenvalue weighted by Crippen LogP contribution is -2.42. The van der Waals surface area contributed by atoms with Crippen molar-refractivity contribution in [2.75, 3.05) is 52.7 Å². The van der Waals surface area contributed by atoms with Crippen LogP contribution in [0.5, 0.6) is 11.5 Å². The topological polar surface area (TPSA) is 210 Å². The molecule has 65 heavy (non-hydrogen) atoms. The summed E-state index contributed by atoms with van der Waals surface area (Å²) in [4.78, 5) is 100. The third-order valence-corrected chi connectivity index (χ3v) is 10.1. The number of Topliss-reactive ketones (excluding diaryl/α,β-unsaturated/α-hetero) is 5. The summed E-state index contributed by atoms with van der Waals surface area (Å²) in [5.41, 5.74) is 0.879. The maximum absolute atomic E-state index is 12.8. The van der Waals surface area contributed by atoms with Gasteiger partial charge < -0.3 is 34.9 Å². The molecule has 0 heterocycles. The van der Waals surface area contributed by atoms with Crippen molar-refractivity contribution in [3.8, 4) is 11.5 Å². The Labute approximate surface area is 388 Å². The van der Waals surface area contributed by atoms with Crippen molar-refractivity contribution in [1.29, 1.82) is 0 Å². The standard InChI is InChI=1S/C50H81N3O12/c1-33(2)23-40(54)12-11-38(46(57)25-35(5)6)27-42(56)15-19-62-21-17-51-49(60)31-64-43-28-39(37(9)10)29-44(30-43)65-32-50(61)52-18-22-63-20-16-48(59)53-45(47(58)26-36(7)8)14-13-41(55)24-34(3)4/h28-30,33-38,45H,11-27,31-32H2,1-10H3,(H,51,60)(H,52,61)(H,53,59). The largest absolute Gasteiger partial charge is 0.484 e. The molecule has 0 aromatic heterocycles. The lowest BCUT2D eigenvalue weighted by Gasteiger charge is -2.19. The van der Waals surface area contributed by atoms with E-state index in [0.29, 0.717) is 50.0 Å². The molecular weight excluding hydrogens is 835 g/mol. The molecule has 0 saturated heterocycles. The monoisotopic (exact) mass is 916 g/mol. The van der Waals surface area contributed by atoms with Crippen LogP contribution in [0.2, 0.25) is 0 Å². The zero-order valence-corrected chi connectivity index (χ0v) is 41.1. The van der Waals surface area contributed by atoms with Crippen LogP contribution < -0.4 is 25.4 Å². The molecule has 368 valence electrons. The number of carbonyl (C=O) groups is 8. The van der Waals surface area contributed by atoms with E-state index in [1.807, 2.05) is 69.2 Å². The average molecular weight is 916 g/mol. The van der Waals surface area contributed by atoms with E-state index in [1.54, 1.807) is 18.2 Å². The van der Waals surface area contributed by atoms with Gasteiger partial charge in [0.05, 0.1) is 32.5 Å². The maximum atomic E-state index is 12.8. The van der Waals surface area contributed by atoms with Crippen LogP contribution in [-0.2, 0) is 47.8 Å². The van der Waals surface area contributed by atoms with Crippen LogP contribution in [-0.4, -0.2) is 105 Å². The summed E-state index contributed by atoms with van der Waals surface area (Å²) in [5.74, 6) is 0.0588. The fraction of sp³-hybridized carbons (Fsp3) is 0.720. The number of ketones is 5. The van der Waals surface area contributed by atoms with Gasteiger partial charge in [-0.05, 0) is 60.1 Å². The first-order valence-electron chi connectivity index (χ1n) is 23.6. The fourth-order valence-corrected chi connectivity index (χ4v) is 6.78. The van der Waals surface area contributed by atoms with Gasteiger partial charge in [0.1, 0.15) is 34.6 Å². The Hall–Kier alpha value is -4.50. The summed E-state index contributed by atoms with van der Waals surface area (Å²) < 4.78 is 22.6. The molecule has 3 amide bonds. The van der Waals surface area contributed by atoms with E-state index in [1.165, 1.54) is 0 Å². The molecule has 0 spiro atoms. The van der Waals surface area contributed by atoms with Gasteiger partial charge in [-0.3, -0.25) is 38.4 Å². The maximum Gasteiger partial charge on any atom is 0.258 e. The number of rotatable bonds is 38. The molecule has 1 aromatic rings. The van der Waals surface area contributed by atoms with Crippen LogP contribution in [0, 0.1) is 29.6 Å². The highest BCUT2D eigenvalue weighted by atomic mass is 16.5. The minimum Gasteiger partial charge on any atom is -0.484 e. The molecule has 2 atom stereocenters. The van der Waals surface area contributed by atoms with Gasteiger partial charge in [0.2, 0.25) is 5.91 Å². The third kappa shape index (κ3) is 29.6. The van der Waals surface area contributed by atoms with E-state index in [9.17, 15) is 38.4 Å². The zero-order chi connectivity index (χ0) is 48.9. The molecule has 15 heteroatoms. The number of carbonyl (C=O) groups excluding carboxylic acids is 8. The second-order valence-electron chi connectivity index (χ2n) is 18.9. The Morgan fingerprint density at radius 2 is 0.923 bits per heavy atom. The van der Waals surface area contributed by atoms with Crippen LogP contribution in [0.25, 0.3) is 0 Å². The molecule has 2 unspecified atom stereocenters. The first-order chi connectivity index (χ1) is 30.6. The van der Waals surface area contributed by atoms with Crippen LogP contribution in [0.15, 0.2) is 18.2 Å². The van der Waals surface area contributed by atoms with Gasteiger partial charge in [-0.1, -0.05) is 69.2 Å². The number of nitrogens with one attached hydrogen (secondary N) is 3. The number of hydrogen-bond acceptors (Lipinski definition) is 12. The Morgan fingerprint density at radius 1 is 0.477 bits per heavy atom. The Kier molecular flexibility index (Phi) is 29.7. The van der Waals surface area contributed by atoms with Gasteiger partial charge in [0.15, 0.2) is 19.0 Å². The number of benzene rings is 1. The highest BCUT2D eigenvalue weighted by molar-refractivity contribution is 5.90. The van der Waals surface area contributed by atoms with E-state index in [0.717, 1.165) is 5.56 Å². The first-order valence-corrected chi connectivity index (χ1v) is 23.6. The quantitative estimate of drug-likeness (QED) is 0.0593. The van der Waals surface area contributed by atoms with Gasteiger partial charge in [0.25, 0.3) is 11.8 Å². The molecule has 0 aliphatic rings. The second-order valence-corrected chi connectivity index (χ2v) is 18.9. The Balaban J connectivity index is 2.45. The van der Waals surface area contributed by atoms with Gasteiger partial charge >= 0.3 is 0 Å². The molecule has 0 aliphatic carbocycles. The van der Waals surface area contributed by atoms with E-state index in [-0.39, 0.29) is 161 Å². The van der Waals surface area contributed by atoms with Crippen molar-refractivity contribution in [2.45, 2.75) is 152 Å². The SMILES string of the molecule is CC(C)CC(=O)CCC(CC(=O)CCOCCNC(=O)COc1cc(OCC(=O)NCCOCCC(=O)NC(CCC(=O)CC(C)C)C(=O)CC(C)C)cc(C(C)C)c1)C(=O)CC(C)C. The summed E-state index contributed by atoms with van der Waals surface area (Å²) in [7, 11) is 0. The molecule has 1 rings (SSSR count).